The number of rotatable bonds is 4. The molecule has 0 aromatic heterocycles. The van der Waals surface area contributed by atoms with E-state index in [0.29, 0.717) is 11.9 Å². The summed E-state index contributed by atoms with van der Waals surface area (Å²) < 4.78 is 1.08. The summed E-state index contributed by atoms with van der Waals surface area (Å²) in [5.74, 6) is 0.536. The summed E-state index contributed by atoms with van der Waals surface area (Å²) in [5.41, 5.74) is 1.21. The van der Waals surface area contributed by atoms with Crippen molar-refractivity contribution in [2.75, 3.05) is 13.1 Å². The van der Waals surface area contributed by atoms with Gasteiger partial charge in [0, 0.05) is 30.1 Å². The van der Waals surface area contributed by atoms with Crippen LogP contribution in [0.4, 0.5) is 0 Å². The van der Waals surface area contributed by atoms with Gasteiger partial charge in [-0.05, 0) is 30.5 Å². The van der Waals surface area contributed by atoms with Gasteiger partial charge in [0.05, 0.1) is 5.92 Å². The number of amides is 1. The second-order valence-corrected chi connectivity index (χ2v) is 6.10. The highest BCUT2D eigenvalue weighted by Gasteiger charge is 2.37. The van der Waals surface area contributed by atoms with Crippen LogP contribution in [-0.4, -0.2) is 29.9 Å². The van der Waals surface area contributed by atoms with Crippen molar-refractivity contribution >= 4 is 21.8 Å². The number of hydrogen-bond acceptors (Lipinski definition) is 2. The topological polar surface area (TPSA) is 32.3 Å². The SMILES string of the molecule is O=C(C1CNC1)N(Cc1cccc(Br)c1)C1CC1. The highest BCUT2D eigenvalue weighted by Crippen LogP contribution is 2.30. The van der Waals surface area contributed by atoms with E-state index in [-0.39, 0.29) is 5.92 Å². The molecular weight excluding hydrogens is 292 g/mol. The van der Waals surface area contributed by atoms with Gasteiger partial charge < -0.3 is 10.2 Å². The van der Waals surface area contributed by atoms with Crippen LogP contribution in [0.5, 0.6) is 0 Å². The van der Waals surface area contributed by atoms with Crippen LogP contribution < -0.4 is 5.32 Å². The molecule has 3 nitrogen and oxygen atoms in total. The van der Waals surface area contributed by atoms with Gasteiger partial charge in [-0.1, -0.05) is 28.1 Å². The molecule has 1 heterocycles. The van der Waals surface area contributed by atoms with E-state index in [9.17, 15) is 4.79 Å². The Kier molecular flexibility index (Phi) is 3.39. The molecular formula is C14H17BrN2O. The summed E-state index contributed by atoms with van der Waals surface area (Å²) in [6, 6.07) is 8.72. The number of benzene rings is 1. The normalized spacial score (nSPS) is 19.4. The predicted octanol–water partition coefficient (Wildman–Crippen LogP) is 2.16. The van der Waals surface area contributed by atoms with E-state index in [1.165, 1.54) is 18.4 Å². The third-order valence-electron chi connectivity index (χ3n) is 3.64. The fourth-order valence-electron chi connectivity index (χ4n) is 2.30. The lowest BCUT2D eigenvalue weighted by atomic mass is 10.0. The van der Waals surface area contributed by atoms with Crippen LogP contribution in [0.2, 0.25) is 0 Å². The Morgan fingerprint density at radius 3 is 2.72 bits per heavy atom. The van der Waals surface area contributed by atoms with Crippen LogP contribution in [0.1, 0.15) is 18.4 Å². The molecule has 1 aliphatic carbocycles. The number of carbonyl (C=O) groups excluding carboxylic acids is 1. The first-order valence-electron chi connectivity index (χ1n) is 6.49. The minimum atomic E-state index is 0.206. The van der Waals surface area contributed by atoms with Crippen molar-refractivity contribution in [1.82, 2.24) is 10.2 Å². The predicted molar refractivity (Wildman–Crippen MR) is 74.1 cm³/mol. The fraction of sp³-hybridized carbons (Fsp3) is 0.500. The van der Waals surface area contributed by atoms with Gasteiger partial charge in [0.15, 0.2) is 0 Å². The van der Waals surface area contributed by atoms with Crippen molar-refractivity contribution in [2.24, 2.45) is 5.92 Å². The molecule has 96 valence electrons. The quantitative estimate of drug-likeness (QED) is 0.924. The lowest BCUT2D eigenvalue weighted by molar-refractivity contribution is -0.138. The third-order valence-corrected chi connectivity index (χ3v) is 4.14. The Bertz CT molecular complexity index is 455. The van der Waals surface area contributed by atoms with Crippen LogP contribution >= 0.6 is 15.9 Å². The highest BCUT2D eigenvalue weighted by molar-refractivity contribution is 9.10. The van der Waals surface area contributed by atoms with Crippen molar-refractivity contribution < 1.29 is 4.79 Å². The molecule has 1 aliphatic heterocycles. The van der Waals surface area contributed by atoms with Crippen molar-refractivity contribution in [2.45, 2.75) is 25.4 Å². The van der Waals surface area contributed by atoms with E-state index in [4.69, 9.17) is 0 Å². The number of halogens is 1. The molecule has 1 aromatic carbocycles. The molecule has 3 rings (SSSR count). The molecule has 0 bridgehead atoms. The van der Waals surface area contributed by atoms with Crippen LogP contribution in [0.15, 0.2) is 28.7 Å². The van der Waals surface area contributed by atoms with Gasteiger partial charge in [-0.25, -0.2) is 0 Å². The summed E-state index contributed by atoms with van der Waals surface area (Å²) in [4.78, 5) is 14.4. The molecule has 0 unspecified atom stereocenters. The molecule has 1 saturated carbocycles. The fourth-order valence-corrected chi connectivity index (χ4v) is 2.75. The molecule has 18 heavy (non-hydrogen) atoms. The second kappa shape index (κ2) is 5.02. The monoisotopic (exact) mass is 308 g/mol. The number of nitrogens with one attached hydrogen (secondary N) is 1. The molecule has 1 amide bonds. The molecule has 1 aromatic rings. The van der Waals surface area contributed by atoms with Crippen LogP contribution in [0.25, 0.3) is 0 Å². The van der Waals surface area contributed by atoms with E-state index in [1.54, 1.807) is 0 Å². The van der Waals surface area contributed by atoms with Gasteiger partial charge in [0.25, 0.3) is 0 Å². The minimum Gasteiger partial charge on any atom is -0.335 e. The maximum atomic E-state index is 12.4. The van der Waals surface area contributed by atoms with Gasteiger partial charge >= 0.3 is 0 Å². The standard InChI is InChI=1S/C14H17BrN2O/c15-12-3-1-2-10(6-12)9-17(13-4-5-13)14(18)11-7-16-8-11/h1-3,6,11,13,16H,4-5,7-9H2. The van der Waals surface area contributed by atoms with Gasteiger partial charge in [0.1, 0.15) is 0 Å². The molecule has 0 spiro atoms. The average Bonchev–Trinajstić information content (AvgIpc) is 3.07. The number of hydrogen-bond donors (Lipinski definition) is 1. The Morgan fingerprint density at radius 1 is 1.39 bits per heavy atom. The lowest BCUT2D eigenvalue weighted by Crippen LogP contribution is -2.52. The maximum Gasteiger partial charge on any atom is 0.228 e. The Balaban J connectivity index is 1.71. The third kappa shape index (κ3) is 2.59. The van der Waals surface area contributed by atoms with Crippen molar-refractivity contribution in [1.29, 1.82) is 0 Å². The molecule has 4 heteroatoms. The van der Waals surface area contributed by atoms with Crippen molar-refractivity contribution in [3.05, 3.63) is 34.3 Å². The molecule has 1 saturated heterocycles. The highest BCUT2D eigenvalue weighted by atomic mass is 79.9. The second-order valence-electron chi connectivity index (χ2n) is 5.18. The van der Waals surface area contributed by atoms with Crippen molar-refractivity contribution in [3.8, 4) is 0 Å². The molecule has 2 aliphatic rings. The van der Waals surface area contributed by atoms with E-state index >= 15 is 0 Å². The first-order chi connectivity index (χ1) is 8.74. The average molecular weight is 309 g/mol. The summed E-state index contributed by atoms with van der Waals surface area (Å²) >= 11 is 3.48. The summed E-state index contributed by atoms with van der Waals surface area (Å²) in [7, 11) is 0. The van der Waals surface area contributed by atoms with E-state index in [0.717, 1.165) is 24.1 Å². The Morgan fingerprint density at radius 2 is 2.17 bits per heavy atom. The van der Waals surface area contributed by atoms with E-state index < -0.39 is 0 Å². The van der Waals surface area contributed by atoms with Crippen molar-refractivity contribution in [3.63, 3.8) is 0 Å². The zero-order valence-electron chi connectivity index (χ0n) is 10.2. The molecule has 2 fully saturated rings. The summed E-state index contributed by atoms with van der Waals surface area (Å²) in [6.45, 7) is 2.44. The van der Waals surface area contributed by atoms with Crippen LogP contribution in [0, 0.1) is 5.92 Å². The van der Waals surface area contributed by atoms with Gasteiger partial charge in [-0.3, -0.25) is 4.79 Å². The Hall–Kier alpha value is -0.870. The number of carbonyl (C=O) groups is 1. The smallest absolute Gasteiger partial charge is 0.228 e. The van der Waals surface area contributed by atoms with E-state index in [1.807, 2.05) is 12.1 Å². The summed E-state index contributed by atoms with van der Waals surface area (Å²) in [5, 5.41) is 3.17. The summed E-state index contributed by atoms with van der Waals surface area (Å²) in [6.07, 6.45) is 2.33. The van der Waals surface area contributed by atoms with Crippen LogP contribution in [-0.2, 0) is 11.3 Å². The maximum absolute atomic E-state index is 12.4. The van der Waals surface area contributed by atoms with Crippen LogP contribution in [0.3, 0.4) is 0 Å². The van der Waals surface area contributed by atoms with E-state index in [2.05, 4.69) is 38.3 Å². The number of nitrogens with zero attached hydrogens (tertiary/aromatic N) is 1. The minimum absolute atomic E-state index is 0.206. The zero-order valence-corrected chi connectivity index (χ0v) is 11.8. The largest absolute Gasteiger partial charge is 0.335 e. The molecule has 1 N–H and O–H groups in total. The Labute approximate surface area is 116 Å². The van der Waals surface area contributed by atoms with Gasteiger partial charge in [0.2, 0.25) is 5.91 Å². The molecule has 0 radical (unpaired) electrons. The first-order valence-corrected chi connectivity index (χ1v) is 7.29. The van der Waals surface area contributed by atoms with Gasteiger partial charge in [-0.2, -0.15) is 0 Å². The lowest BCUT2D eigenvalue weighted by Gasteiger charge is -2.32. The molecule has 0 atom stereocenters. The van der Waals surface area contributed by atoms with Gasteiger partial charge in [-0.15, -0.1) is 0 Å². The first kappa shape index (κ1) is 12.2. The zero-order chi connectivity index (χ0) is 12.5.